The molecule has 2 aliphatic heterocycles. The molecule has 4 heterocycles. The zero-order valence-electron chi connectivity index (χ0n) is 26.0. The molecule has 4 atom stereocenters. The first kappa shape index (κ1) is 30.8. The molecule has 7 rings (SSSR count). The van der Waals surface area contributed by atoms with E-state index in [2.05, 4.69) is 25.1 Å². The van der Waals surface area contributed by atoms with E-state index in [-0.39, 0.29) is 42.7 Å². The number of pyridine rings is 1. The van der Waals surface area contributed by atoms with Gasteiger partial charge in [-0.15, -0.1) is 0 Å². The molecule has 2 bridgehead atoms. The number of benzene rings is 2. The number of ether oxygens (including phenoxy) is 3. The molecule has 242 valence electrons. The van der Waals surface area contributed by atoms with Gasteiger partial charge in [-0.2, -0.15) is 9.97 Å². The number of hydrogen-bond acceptors (Lipinski definition) is 9. The van der Waals surface area contributed by atoms with Crippen LogP contribution in [0.4, 0.5) is 15.0 Å². The van der Waals surface area contributed by atoms with Crippen molar-refractivity contribution < 1.29 is 23.4 Å². The van der Waals surface area contributed by atoms with E-state index < -0.39 is 11.9 Å². The van der Waals surface area contributed by atoms with Crippen LogP contribution in [0.25, 0.3) is 32.9 Å². The minimum atomic E-state index is -0.539. The summed E-state index contributed by atoms with van der Waals surface area (Å²) < 4.78 is 33.6. The van der Waals surface area contributed by atoms with Gasteiger partial charge in [0.2, 0.25) is 0 Å². The Morgan fingerprint density at radius 2 is 1.87 bits per heavy atom. The standard InChI is InChI=1S/C34H38ClFN6O4/c1-3-44-19-38-34(43)46-24-13-23(41(2)17-24)18-45-33-39-31-26(32(40-33)42-15-20-10-11-21(12-20)16-42)14-37-30(29(31)36)25-8-4-6-22-7-5-9-27(35)28(22)25/h4-9,14,20-21,23-24H,3,10-13,15-19H2,1-2H3,(H,38,43)/t20?,21?,23-,24+/m0/s1. The first-order valence-corrected chi connectivity index (χ1v) is 16.4. The van der Waals surface area contributed by atoms with Crippen LogP contribution in [0.5, 0.6) is 6.01 Å². The van der Waals surface area contributed by atoms with Crippen molar-refractivity contribution in [1.82, 2.24) is 25.2 Å². The fourth-order valence-corrected chi connectivity index (χ4v) is 7.56. The van der Waals surface area contributed by atoms with Gasteiger partial charge in [0.05, 0.1) is 5.39 Å². The van der Waals surface area contributed by atoms with Crippen molar-refractivity contribution in [2.24, 2.45) is 11.8 Å². The van der Waals surface area contributed by atoms with Crippen LogP contribution < -0.4 is 15.0 Å². The quantitative estimate of drug-likeness (QED) is 0.172. The van der Waals surface area contributed by atoms with Gasteiger partial charge >= 0.3 is 12.1 Å². The predicted molar refractivity (Wildman–Crippen MR) is 175 cm³/mol. The Morgan fingerprint density at radius 1 is 1.09 bits per heavy atom. The number of hydrogen-bond donors (Lipinski definition) is 1. The average molecular weight is 649 g/mol. The summed E-state index contributed by atoms with van der Waals surface area (Å²) in [4.78, 5) is 30.6. The highest BCUT2D eigenvalue weighted by molar-refractivity contribution is 6.36. The molecule has 1 saturated carbocycles. The van der Waals surface area contributed by atoms with Crippen molar-refractivity contribution in [1.29, 1.82) is 0 Å². The monoisotopic (exact) mass is 648 g/mol. The normalized spacial score (nSPS) is 22.9. The number of rotatable bonds is 9. The summed E-state index contributed by atoms with van der Waals surface area (Å²) in [5.74, 6) is 1.30. The van der Waals surface area contributed by atoms with Crippen molar-refractivity contribution >= 4 is 45.2 Å². The summed E-state index contributed by atoms with van der Waals surface area (Å²) in [6.45, 7) is 5.00. The van der Waals surface area contributed by atoms with E-state index in [0.29, 0.717) is 53.2 Å². The largest absolute Gasteiger partial charge is 0.462 e. The van der Waals surface area contributed by atoms with Crippen molar-refractivity contribution in [3.8, 4) is 17.3 Å². The third kappa shape index (κ3) is 6.15. The number of halogens is 2. The molecular formula is C34H38ClFN6O4. The van der Waals surface area contributed by atoms with E-state index in [0.717, 1.165) is 23.9 Å². The summed E-state index contributed by atoms with van der Waals surface area (Å²) in [5.41, 5.74) is 0.947. The van der Waals surface area contributed by atoms with Gasteiger partial charge in [0.1, 0.15) is 36.5 Å². The molecule has 1 N–H and O–H groups in total. The second-order valence-electron chi connectivity index (χ2n) is 12.6. The van der Waals surface area contributed by atoms with Crippen LogP contribution in [0.1, 0.15) is 32.6 Å². The number of alkyl carbamates (subject to hydrolysis) is 1. The molecule has 12 heteroatoms. The van der Waals surface area contributed by atoms with Crippen LogP contribution in [0, 0.1) is 17.7 Å². The summed E-state index contributed by atoms with van der Waals surface area (Å²) >= 11 is 6.61. The highest BCUT2D eigenvalue weighted by Crippen LogP contribution is 2.41. The Bertz CT molecular complexity index is 1740. The second kappa shape index (κ2) is 13.1. The number of nitrogens with zero attached hydrogens (tertiary/aromatic N) is 5. The van der Waals surface area contributed by atoms with E-state index >= 15 is 4.39 Å². The fourth-order valence-electron chi connectivity index (χ4n) is 7.27. The Balaban J connectivity index is 1.19. The Morgan fingerprint density at radius 3 is 2.65 bits per heavy atom. The number of carbonyl (C=O) groups excluding carboxylic acids is 1. The first-order chi connectivity index (χ1) is 22.4. The number of fused-ring (bicyclic) bond motifs is 4. The van der Waals surface area contributed by atoms with Crippen LogP contribution >= 0.6 is 11.6 Å². The van der Waals surface area contributed by atoms with Gasteiger partial charge in [0, 0.05) is 60.9 Å². The van der Waals surface area contributed by atoms with Crippen molar-refractivity contribution in [3.63, 3.8) is 0 Å². The number of nitrogens with one attached hydrogen (secondary N) is 1. The molecule has 2 aromatic heterocycles. The molecule has 2 aromatic carbocycles. The zero-order chi connectivity index (χ0) is 31.8. The Hall–Kier alpha value is -3.80. The molecule has 46 heavy (non-hydrogen) atoms. The molecule has 3 fully saturated rings. The molecule has 3 aliphatic rings. The lowest BCUT2D eigenvalue weighted by atomic mass is 9.98. The maximum absolute atomic E-state index is 16.7. The lowest BCUT2D eigenvalue weighted by Crippen LogP contribution is -2.37. The fraction of sp³-hybridized carbons (Fsp3) is 0.471. The predicted octanol–water partition coefficient (Wildman–Crippen LogP) is 6.05. The van der Waals surface area contributed by atoms with Crippen LogP contribution in [0.2, 0.25) is 5.02 Å². The van der Waals surface area contributed by atoms with E-state index in [1.54, 1.807) is 12.3 Å². The smallest absolute Gasteiger partial charge is 0.409 e. The van der Waals surface area contributed by atoms with Crippen LogP contribution in [-0.4, -0.2) is 84.7 Å². The molecule has 0 radical (unpaired) electrons. The summed E-state index contributed by atoms with van der Waals surface area (Å²) in [6, 6.07) is 11.3. The van der Waals surface area contributed by atoms with E-state index in [1.165, 1.54) is 19.3 Å². The number of carbonyl (C=O) groups is 1. The van der Waals surface area contributed by atoms with E-state index in [9.17, 15) is 4.79 Å². The molecule has 1 amide bonds. The summed E-state index contributed by atoms with van der Waals surface area (Å²) in [5, 5.41) is 5.32. The average Bonchev–Trinajstić information content (AvgIpc) is 3.58. The van der Waals surface area contributed by atoms with Gasteiger partial charge in [0.15, 0.2) is 5.82 Å². The number of anilines is 1. The first-order valence-electron chi connectivity index (χ1n) is 16.0. The van der Waals surface area contributed by atoms with E-state index in [4.69, 9.17) is 30.8 Å². The maximum Gasteiger partial charge on any atom is 0.409 e. The lowest BCUT2D eigenvalue weighted by molar-refractivity contribution is 0.0781. The highest BCUT2D eigenvalue weighted by Gasteiger charge is 2.36. The van der Waals surface area contributed by atoms with Crippen LogP contribution in [-0.2, 0) is 9.47 Å². The molecule has 2 unspecified atom stereocenters. The second-order valence-corrected chi connectivity index (χ2v) is 13.0. The third-order valence-electron chi connectivity index (χ3n) is 9.51. The van der Waals surface area contributed by atoms with Gasteiger partial charge in [-0.25, -0.2) is 9.18 Å². The lowest BCUT2D eigenvalue weighted by Gasteiger charge is -2.33. The van der Waals surface area contributed by atoms with Gasteiger partial charge in [-0.1, -0.05) is 41.9 Å². The molecular weight excluding hydrogens is 611 g/mol. The SMILES string of the molecule is CCOCNC(=O)O[C@@H]1C[C@@H](COc2nc(N3CC4CCC(C4)C3)c3cnc(-c4cccc5cccc(Cl)c45)c(F)c3n2)N(C)C1. The number of piperidine rings is 1. The zero-order valence-corrected chi connectivity index (χ0v) is 26.8. The van der Waals surface area contributed by atoms with Crippen LogP contribution in [0.3, 0.4) is 0 Å². The van der Waals surface area contributed by atoms with Gasteiger partial charge < -0.3 is 19.1 Å². The van der Waals surface area contributed by atoms with Crippen molar-refractivity contribution in [2.75, 3.05) is 51.5 Å². The highest BCUT2D eigenvalue weighted by atomic mass is 35.5. The minimum Gasteiger partial charge on any atom is -0.462 e. The molecule has 1 aliphatic carbocycles. The van der Waals surface area contributed by atoms with Gasteiger partial charge in [0.25, 0.3) is 0 Å². The molecule has 10 nitrogen and oxygen atoms in total. The molecule has 2 saturated heterocycles. The minimum absolute atomic E-state index is 0.0473. The number of aromatic nitrogens is 3. The molecule has 4 aromatic rings. The van der Waals surface area contributed by atoms with Crippen molar-refractivity contribution in [2.45, 2.75) is 44.8 Å². The van der Waals surface area contributed by atoms with Crippen LogP contribution in [0.15, 0.2) is 42.6 Å². The Labute approximate surface area is 272 Å². The third-order valence-corrected chi connectivity index (χ3v) is 9.83. The maximum atomic E-state index is 16.7. The molecule has 0 spiro atoms. The number of likely N-dealkylation sites (N-methyl/N-ethyl adjacent to an activating group) is 1. The van der Waals surface area contributed by atoms with Gasteiger partial charge in [-0.3, -0.25) is 15.2 Å². The number of likely N-dealkylation sites (tertiary alicyclic amines) is 1. The summed E-state index contributed by atoms with van der Waals surface area (Å²) in [7, 11) is 1.96. The Kier molecular flexibility index (Phi) is 8.80. The van der Waals surface area contributed by atoms with Crippen molar-refractivity contribution in [3.05, 3.63) is 53.4 Å². The van der Waals surface area contributed by atoms with E-state index in [1.807, 2.05) is 44.3 Å². The number of amides is 1. The summed E-state index contributed by atoms with van der Waals surface area (Å²) in [6.07, 6.45) is 5.08. The van der Waals surface area contributed by atoms with Gasteiger partial charge in [-0.05, 0) is 56.5 Å². The topological polar surface area (TPSA) is 102 Å².